The molecule has 22 heavy (non-hydrogen) atoms. The molecule has 5 heteroatoms. The van der Waals surface area contributed by atoms with Crippen LogP contribution in [0.1, 0.15) is 44.6 Å². The zero-order valence-electron chi connectivity index (χ0n) is 12.8. The molecule has 2 saturated carbocycles. The van der Waals surface area contributed by atoms with Crippen molar-refractivity contribution >= 4 is 11.7 Å². The SMILES string of the molecule is CC(F)(F)c1ccccc1NC(=O)NC[C@H]1CCCC12CC2. The zero-order chi connectivity index (χ0) is 15.8. The summed E-state index contributed by atoms with van der Waals surface area (Å²) in [5, 5.41) is 5.41. The highest BCUT2D eigenvalue weighted by Gasteiger charge is 2.51. The van der Waals surface area contributed by atoms with Gasteiger partial charge in [0.1, 0.15) is 0 Å². The number of rotatable bonds is 4. The van der Waals surface area contributed by atoms with E-state index in [-0.39, 0.29) is 11.3 Å². The number of halogens is 2. The number of para-hydroxylation sites is 1. The van der Waals surface area contributed by atoms with Gasteiger partial charge >= 0.3 is 6.03 Å². The third kappa shape index (κ3) is 3.08. The number of benzene rings is 1. The van der Waals surface area contributed by atoms with Gasteiger partial charge in [-0.15, -0.1) is 0 Å². The molecule has 2 aliphatic rings. The fourth-order valence-corrected chi connectivity index (χ4v) is 3.71. The van der Waals surface area contributed by atoms with E-state index in [1.807, 2.05) is 0 Å². The molecule has 0 bridgehead atoms. The second-order valence-corrected chi connectivity index (χ2v) is 6.72. The molecule has 3 rings (SSSR count). The Balaban J connectivity index is 1.58. The second-order valence-electron chi connectivity index (χ2n) is 6.72. The van der Waals surface area contributed by atoms with Crippen molar-refractivity contribution in [1.29, 1.82) is 0 Å². The molecule has 1 aromatic carbocycles. The maximum Gasteiger partial charge on any atom is 0.319 e. The monoisotopic (exact) mass is 308 g/mol. The first-order chi connectivity index (χ1) is 10.4. The van der Waals surface area contributed by atoms with Gasteiger partial charge in [0.2, 0.25) is 0 Å². The molecule has 2 amide bonds. The van der Waals surface area contributed by atoms with Crippen LogP contribution in [0.25, 0.3) is 0 Å². The lowest BCUT2D eigenvalue weighted by Crippen LogP contribution is -2.35. The summed E-state index contributed by atoms with van der Waals surface area (Å²) in [5.41, 5.74) is 0.478. The van der Waals surface area contributed by atoms with E-state index in [4.69, 9.17) is 0 Å². The Labute approximate surface area is 129 Å². The quantitative estimate of drug-likeness (QED) is 0.845. The molecule has 0 aromatic heterocycles. The summed E-state index contributed by atoms with van der Waals surface area (Å²) in [4.78, 5) is 12.0. The highest BCUT2D eigenvalue weighted by molar-refractivity contribution is 5.90. The molecule has 1 aromatic rings. The first kappa shape index (κ1) is 15.3. The molecule has 2 fully saturated rings. The van der Waals surface area contributed by atoms with Crippen molar-refractivity contribution in [3.05, 3.63) is 29.8 Å². The number of anilines is 1. The average Bonchev–Trinajstić information content (AvgIpc) is 3.10. The van der Waals surface area contributed by atoms with Gasteiger partial charge in [-0.2, -0.15) is 0 Å². The van der Waals surface area contributed by atoms with E-state index >= 15 is 0 Å². The van der Waals surface area contributed by atoms with E-state index in [1.165, 1.54) is 37.8 Å². The normalized spacial score (nSPS) is 22.6. The summed E-state index contributed by atoms with van der Waals surface area (Å²) in [5.74, 6) is -2.44. The van der Waals surface area contributed by atoms with Gasteiger partial charge in [-0.25, -0.2) is 13.6 Å². The van der Waals surface area contributed by atoms with Gasteiger partial charge in [0.25, 0.3) is 5.92 Å². The molecule has 0 radical (unpaired) electrons. The van der Waals surface area contributed by atoms with Crippen molar-refractivity contribution < 1.29 is 13.6 Å². The zero-order valence-corrected chi connectivity index (χ0v) is 12.8. The first-order valence-electron chi connectivity index (χ1n) is 7.93. The second kappa shape index (κ2) is 5.52. The fourth-order valence-electron chi connectivity index (χ4n) is 3.71. The van der Waals surface area contributed by atoms with Crippen LogP contribution in [0.15, 0.2) is 24.3 Å². The van der Waals surface area contributed by atoms with Gasteiger partial charge in [0, 0.05) is 19.0 Å². The third-order valence-corrected chi connectivity index (χ3v) is 5.14. The maximum atomic E-state index is 13.5. The van der Waals surface area contributed by atoms with E-state index in [9.17, 15) is 13.6 Å². The number of amides is 2. The highest BCUT2D eigenvalue weighted by Crippen LogP contribution is 2.61. The molecule has 0 unspecified atom stereocenters. The van der Waals surface area contributed by atoms with Crippen LogP contribution in [0, 0.1) is 11.3 Å². The Morgan fingerprint density at radius 2 is 2.05 bits per heavy atom. The summed E-state index contributed by atoms with van der Waals surface area (Å²) < 4.78 is 27.1. The smallest absolute Gasteiger partial charge is 0.319 e. The van der Waals surface area contributed by atoms with Crippen molar-refractivity contribution in [3.63, 3.8) is 0 Å². The number of nitrogens with one attached hydrogen (secondary N) is 2. The molecule has 2 aliphatic carbocycles. The fraction of sp³-hybridized carbons (Fsp3) is 0.588. The van der Waals surface area contributed by atoms with Crippen molar-refractivity contribution in [3.8, 4) is 0 Å². The number of carbonyl (C=O) groups is 1. The average molecular weight is 308 g/mol. The Morgan fingerprint density at radius 1 is 1.32 bits per heavy atom. The Hall–Kier alpha value is -1.65. The van der Waals surface area contributed by atoms with Crippen molar-refractivity contribution in [2.45, 2.75) is 45.0 Å². The van der Waals surface area contributed by atoms with E-state index < -0.39 is 12.0 Å². The topological polar surface area (TPSA) is 41.1 Å². The Morgan fingerprint density at radius 3 is 2.73 bits per heavy atom. The van der Waals surface area contributed by atoms with Crippen LogP contribution >= 0.6 is 0 Å². The van der Waals surface area contributed by atoms with E-state index in [0.29, 0.717) is 17.9 Å². The number of hydrogen-bond donors (Lipinski definition) is 2. The molecular weight excluding hydrogens is 286 g/mol. The van der Waals surface area contributed by atoms with Crippen LogP contribution in [0.5, 0.6) is 0 Å². The van der Waals surface area contributed by atoms with Crippen LogP contribution in [0.2, 0.25) is 0 Å². The largest absolute Gasteiger partial charge is 0.338 e. The Bertz CT molecular complexity index is 564. The molecule has 3 nitrogen and oxygen atoms in total. The van der Waals surface area contributed by atoms with Crippen LogP contribution in [-0.2, 0) is 5.92 Å². The maximum absolute atomic E-state index is 13.5. The summed E-state index contributed by atoms with van der Waals surface area (Å²) in [6.45, 7) is 1.47. The minimum Gasteiger partial charge on any atom is -0.338 e. The number of urea groups is 1. The van der Waals surface area contributed by atoms with Gasteiger partial charge in [-0.3, -0.25) is 0 Å². The van der Waals surface area contributed by atoms with Gasteiger partial charge in [0.15, 0.2) is 0 Å². The highest BCUT2D eigenvalue weighted by atomic mass is 19.3. The van der Waals surface area contributed by atoms with Crippen molar-refractivity contribution in [2.24, 2.45) is 11.3 Å². The van der Waals surface area contributed by atoms with Crippen LogP contribution < -0.4 is 10.6 Å². The van der Waals surface area contributed by atoms with Crippen LogP contribution in [-0.4, -0.2) is 12.6 Å². The van der Waals surface area contributed by atoms with Gasteiger partial charge in [-0.1, -0.05) is 24.6 Å². The number of carbonyl (C=O) groups excluding carboxylic acids is 1. The number of hydrogen-bond acceptors (Lipinski definition) is 1. The number of alkyl halides is 2. The van der Waals surface area contributed by atoms with E-state index in [0.717, 1.165) is 13.3 Å². The van der Waals surface area contributed by atoms with Gasteiger partial charge in [-0.05, 0) is 43.1 Å². The molecule has 0 heterocycles. The predicted octanol–water partition coefficient (Wildman–Crippen LogP) is 4.50. The molecule has 2 N–H and O–H groups in total. The predicted molar refractivity (Wildman–Crippen MR) is 82.0 cm³/mol. The lowest BCUT2D eigenvalue weighted by Gasteiger charge is -2.20. The molecule has 0 saturated heterocycles. The molecular formula is C17H22F2N2O. The summed E-state index contributed by atoms with van der Waals surface area (Å²) in [7, 11) is 0. The first-order valence-corrected chi connectivity index (χ1v) is 7.93. The van der Waals surface area contributed by atoms with Gasteiger partial charge in [0.05, 0.1) is 5.69 Å². The summed E-state index contributed by atoms with van der Waals surface area (Å²) in [6, 6.07) is 5.63. The van der Waals surface area contributed by atoms with Crippen LogP contribution in [0.3, 0.4) is 0 Å². The van der Waals surface area contributed by atoms with Crippen LogP contribution in [0.4, 0.5) is 19.3 Å². The molecule has 120 valence electrons. The third-order valence-electron chi connectivity index (χ3n) is 5.14. The minimum absolute atomic E-state index is 0.162. The minimum atomic E-state index is -2.98. The lowest BCUT2D eigenvalue weighted by atomic mass is 9.93. The summed E-state index contributed by atoms with van der Waals surface area (Å²) in [6.07, 6.45) is 6.20. The van der Waals surface area contributed by atoms with E-state index in [1.54, 1.807) is 12.1 Å². The van der Waals surface area contributed by atoms with E-state index in [2.05, 4.69) is 10.6 Å². The van der Waals surface area contributed by atoms with Crippen molar-refractivity contribution in [2.75, 3.05) is 11.9 Å². The standard InChI is InChI=1S/C17H22F2N2O/c1-16(18,19)13-6-2-3-7-14(13)21-15(22)20-11-12-5-4-8-17(12)9-10-17/h2-3,6-7,12H,4-5,8-11H2,1H3,(H2,20,21,22)/t12-/m1/s1. The lowest BCUT2D eigenvalue weighted by molar-refractivity contribution is 0.0183. The molecule has 1 atom stereocenters. The van der Waals surface area contributed by atoms with Crippen molar-refractivity contribution in [1.82, 2.24) is 5.32 Å². The van der Waals surface area contributed by atoms with Gasteiger partial charge < -0.3 is 10.6 Å². The Kier molecular flexibility index (Phi) is 3.83. The molecule has 1 spiro atoms. The molecule has 0 aliphatic heterocycles. The summed E-state index contributed by atoms with van der Waals surface area (Å²) >= 11 is 0.